The molecule has 0 aliphatic carbocycles. The van der Waals surface area contributed by atoms with Gasteiger partial charge in [0.1, 0.15) is 11.8 Å². The Hall–Kier alpha value is -4.72. The van der Waals surface area contributed by atoms with Gasteiger partial charge in [0.25, 0.3) is 0 Å². The van der Waals surface area contributed by atoms with Crippen LogP contribution in [-0.4, -0.2) is 44.9 Å². The first-order valence-electron chi connectivity index (χ1n) is 13.6. The summed E-state index contributed by atoms with van der Waals surface area (Å²) in [6.45, 7) is 9.98. The largest absolute Gasteiger partial charge is 0.373 e. The molecule has 4 aromatic rings. The van der Waals surface area contributed by atoms with Gasteiger partial charge in [0.05, 0.1) is 44.7 Å². The Morgan fingerprint density at radius 3 is 2.64 bits per heavy atom. The zero-order valence-electron chi connectivity index (χ0n) is 24.9. The molecule has 0 unspecified atom stereocenters. The molecule has 12 heteroatoms. The molecule has 0 bridgehead atoms. The van der Waals surface area contributed by atoms with Crippen LogP contribution in [-0.2, 0) is 4.79 Å². The van der Waals surface area contributed by atoms with Crippen LogP contribution in [0.4, 0.5) is 21.5 Å². The number of fused-ring (bicyclic) bond motifs is 1. The number of halogens is 3. The Balaban J connectivity index is 1.78. The van der Waals surface area contributed by atoms with E-state index in [2.05, 4.69) is 38.6 Å². The van der Waals surface area contributed by atoms with E-state index in [0.29, 0.717) is 44.1 Å². The molecule has 0 aliphatic heterocycles. The van der Waals surface area contributed by atoms with Crippen LogP contribution >= 0.6 is 23.2 Å². The number of nitriles is 1. The molecule has 0 spiro atoms. The molecule has 0 saturated heterocycles. The Morgan fingerprint density at radius 1 is 1.23 bits per heavy atom. The maximum Gasteiger partial charge on any atom is 0.248 e. The zero-order valence-corrected chi connectivity index (χ0v) is 26.4. The summed E-state index contributed by atoms with van der Waals surface area (Å²) < 4.78 is 16.6. The highest BCUT2D eigenvalue weighted by Crippen LogP contribution is 2.37. The fraction of sp³-hybridized carbons (Fsp3) is 0.219. The van der Waals surface area contributed by atoms with Crippen LogP contribution < -0.4 is 10.6 Å². The van der Waals surface area contributed by atoms with Crippen molar-refractivity contribution in [3.63, 3.8) is 0 Å². The lowest BCUT2D eigenvalue weighted by Gasteiger charge is -2.20. The number of rotatable bonds is 10. The molecule has 2 heterocycles. The van der Waals surface area contributed by atoms with Crippen molar-refractivity contribution in [1.82, 2.24) is 24.9 Å². The minimum atomic E-state index is -0.656. The van der Waals surface area contributed by atoms with Crippen molar-refractivity contribution in [3.05, 3.63) is 106 Å². The fourth-order valence-electron chi connectivity index (χ4n) is 4.33. The minimum Gasteiger partial charge on any atom is -0.373 e. The molecular formula is C32H31Cl2FN8O. The number of nitrogens with one attached hydrogen (secondary N) is 2. The van der Waals surface area contributed by atoms with Crippen molar-refractivity contribution in [2.45, 2.75) is 32.9 Å². The summed E-state index contributed by atoms with van der Waals surface area (Å²) in [5, 5.41) is 25.6. The molecule has 2 aromatic carbocycles. The summed E-state index contributed by atoms with van der Waals surface area (Å²) >= 11 is 12.7. The first kappa shape index (κ1) is 32.2. The van der Waals surface area contributed by atoms with Gasteiger partial charge in [-0.05, 0) is 50.6 Å². The number of nitrogens with zero attached hydrogens (tertiary/aromatic N) is 6. The third kappa shape index (κ3) is 7.08. The molecule has 44 heavy (non-hydrogen) atoms. The zero-order chi connectivity index (χ0) is 32.1. The van der Waals surface area contributed by atoms with Crippen molar-refractivity contribution < 1.29 is 9.18 Å². The number of aromatic nitrogens is 4. The van der Waals surface area contributed by atoms with Gasteiger partial charge in [-0.1, -0.05) is 59.3 Å². The summed E-state index contributed by atoms with van der Waals surface area (Å²) in [7, 11) is 3.38. The molecule has 2 aromatic heterocycles. The monoisotopic (exact) mass is 632 g/mol. The van der Waals surface area contributed by atoms with Gasteiger partial charge in [-0.2, -0.15) is 5.26 Å². The number of carbonyl (C=O) groups is 1. The molecule has 0 saturated carbocycles. The van der Waals surface area contributed by atoms with Crippen LogP contribution in [0.2, 0.25) is 10.0 Å². The van der Waals surface area contributed by atoms with Crippen LogP contribution in [0, 0.1) is 17.1 Å². The van der Waals surface area contributed by atoms with Crippen molar-refractivity contribution in [3.8, 4) is 6.07 Å². The van der Waals surface area contributed by atoms with E-state index in [0.717, 1.165) is 0 Å². The Bertz CT molecular complexity index is 1840. The molecule has 4 rings (SSSR count). The van der Waals surface area contributed by atoms with Gasteiger partial charge >= 0.3 is 0 Å². The Labute approximate surface area is 265 Å². The highest BCUT2D eigenvalue weighted by atomic mass is 35.5. The third-order valence-electron chi connectivity index (χ3n) is 6.69. The highest BCUT2D eigenvalue weighted by Gasteiger charge is 2.21. The van der Waals surface area contributed by atoms with E-state index < -0.39 is 11.9 Å². The number of amides is 1. The van der Waals surface area contributed by atoms with E-state index in [1.165, 1.54) is 23.2 Å². The summed E-state index contributed by atoms with van der Waals surface area (Å²) in [6, 6.07) is 9.64. The lowest BCUT2D eigenvalue weighted by atomic mass is 10.0. The number of carbonyl (C=O) groups excluding carboxylic acids is 1. The van der Waals surface area contributed by atoms with E-state index in [1.54, 1.807) is 62.1 Å². The molecule has 1 atom stereocenters. The average Bonchev–Trinajstić information content (AvgIpc) is 3.48. The van der Waals surface area contributed by atoms with Crippen molar-refractivity contribution in [1.29, 1.82) is 5.26 Å². The number of likely N-dealkylation sites (N-methyl/N-ethyl adjacent to an activating group) is 1. The van der Waals surface area contributed by atoms with Gasteiger partial charge in [0, 0.05) is 43.0 Å². The number of hydrogen-bond donors (Lipinski definition) is 2. The van der Waals surface area contributed by atoms with Gasteiger partial charge in [-0.25, -0.2) is 9.07 Å². The summed E-state index contributed by atoms with van der Waals surface area (Å²) in [4.78, 5) is 18.1. The van der Waals surface area contributed by atoms with E-state index >= 15 is 0 Å². The van der Waals surface area contributed by atoms with Gasteiger partial charge in [-0.3, -0.25) is 9.78 Å². The van der Waals surface area contributed by atoms with Crippen molar-refractivity contribution in [2.24, 2.45) is 0 Å². The number of pyridine rings is 1. The first-order valence-corrected chi connectivity index (χ1v) is 14.3. The van der Waals surface area contributed by atoms with E-state index in [9.17, 15) is 14.4 Å². The minimum absolute atomic E-state index is 0.0628. The quantitative estimate of drug-likeness (QED) is 0.136. The van der Waals surface area contributed by atoms with E-state index in [1.807, 2.05) is 20.0 Å². The number of allylic oxidation sites excluding steroid dienone is 2. The van der Waals surface area contributed by atoms with Crippen molar-refractivity contribution in [2.75, 3.05) is 24.7 Å². The Kier molecular flexibility index (Phi) is 10.0. The molecule has 0 aliphatic rings. The van der Waals surface area contributed by atoms with Gasteiger partial charge < -0.3 is 15.5 Å². The summed E-state index contributed by atoms with van der Waals surface area (Å²) in [5.74, 6) is -0.760. The molecule has 226 valence electrons. The standard InChI is InChI=1S/C32H31Cl2FN8O/c1-18(2)43-17-27(40-41-43)29(19(3)9-7-10-20(4)32(44)42(5)6)38-22-13-23-30(39-26-12-8-11-24(33)28(26)35)21(15-36)16-37-31(23)25(34)14-22/h7-14,16-18,29,38H,3H2,1-2,4-6H3,(H,37,39)/b9-7-,20-10+/t29-/m0/s1. The maximum atomic E-state index is 14.8. The van der Waals surface area contributed by atoms with Crippen LogP contribution in [0.15, 0.2) is 78.7 Å². The SMILES string of the molecule is C=C(/C=C\C=C(/C)C(=O)N(C)C)[C@H](Nc1cc(Cl)c2ncc(C#N)c(Nc3cccc(Cl)c3F)c2c1)c1cn(C(C)C)nn1. The van der Waals surface area contributed by atoms with Gasteiger partial charge in [0.2, 0.25) is 5.91 Å². The lowest BCUT2D eigenvalue weighted by Crippen LogP contribution is -2.22. The first-order chi connectivity index (χ1) is 20.9. The van der Waals surface area contributed by atoms with E-state index in [-0.39, 0.29) is 28.2 Å². The summed E-state index contributed by atoms with van der Waals surface area (Å²) in [5.41, 5.74) is 3.34. The normalized spacial score (nSPS) is 12.4. The van der Waals surface area contributed by atoms with Gasteiger partial charge in [0.15, 0.2) is 5.82 Å². The van der Waals surface area contributed by atoms with E-state index in [4.69, 9.17) is 23.2 Å². The highest BCUT2D eigenvalue weighted by molar-refractivity contribution is 6.36. The molecular weight excluding hydrogens is 602 g/mol. The predicted molar refractivity (Wildman–Crippen MR) is 174 cm³/mol. The fourth-order valence-corrected chi connectivity index (χ4v) is 4.77. The smallest absolute Gasteiger partial charge is 0.248 e. The lowest BCUT2D eigenvalue weighted by molar-refractivity contribution is -0.124. The second kappa shape index (κ2) is 13.7. The third-order valence-corrected chi connectivity index (χ3v) is 7.27. The van der Waals surface area contributed by atoms with Crippen LogP contribution in [0.1, 0.15) is 44.1 Å². The van der Waals surface area contributed by atoms with Crippen LogP contribution in [0.25, 0.3) is 10.9 Å². The molecule has 2 N–H and O–H groups in total. The van der Waals surface area contributed by atoms with Crippen LogP contribution in [0.5, 0.6) is 0 Å². The average molecular weight is 634 g/mol. The second-order valence-electron chi connectivity index (χ2n) is 10.5. The molecule has 0 fully saturated rings. The molecule has 9 nitrogen and oxygen atoms in total. The number of benzene rings is 2. The summed E-state index contributed by atoms with van der Waals surface area (Å²) in [6.07, 6.45) is 8.45. The number of anilines is 3. The van der Waals surface area contributed by atoms with Gasteiger partial charge in [-0.15, -0.1) is 5.10 Å². The van der Waals surface area contributed by atoms with Crippen molar-refractivity contribution >= 4 is 57.1 Å². The maximum absolute atomic E-state index is 14.8. The molecule has 1 amide bonds. The second-order valence-corrected chi connectivity index (χ2v) is 11.3. The number of hydrogen-bond acceptors (Lipinski definition) is 7. The topological polar surface area (TPSA) is 112 Å². The Morgan fingerprint density at radius 2 is 1.98 bits per heavy atom. The predicted octanol–water partition coefficient (Wildman–Crippen LogP) is 7.77. The molecule has 0 radical (unpaired) electrons. The van der Waals surface area contributed by atoms with Crippen LogP contribution in [0.3, 0.4) is 0 Å².